The lowest BCUT2D eigenvalue weighted by molar-refractivity contribution is -0.143. The van der Waals surface area contributed by atoms with Crippen LogP contribution < -0.4 is 5.32 Å². The monoisotopic (exact) mass is 1270 g/mol. The van der Waals surface area contributed by atoms with E-state index in [-0.39, 0.29) is 18.5 Å². The minimum absolute atomic E-state index is 0.0194. The van der Waals surface area contributed by atoms with E-state index in [4.69, 9.17) is 4.74 Å². The van der Waals surface area contributed by atoms with Crippen LogP contribution in [0.15, 0.2) is 24.3 Å². The van der Waals surface area contributed by atoms with Gasteiger partial charge in [-0.05, 0) is 57.8 Å². The Hall–Kier alpha value is -1.66. The summed E-state index contributed by atoms with van der Waals surface area (Å²) in [5, 5.41) is 23.5. The Morgan fingerprint density at radius 3 is 0.844 bits per heavy atom. The Balaban J connectivity index is 3.36. The van der Waals surface area contributed by atoms with Crippen molar-refractivity contribution in [3.05, 3.63) is 24.3 Å². The molecule has 0 aromatic rings. The highest BCUT2D eigenvalue weighted by molar-refractivity contribution is 5.76. The summed E-state index contributed by atoms with van der Waals surface area (Å²) in [6, 6.07) is -0.541. The average Bonchev–Trinajstić information content (AvgIpc) is 3.62. The fraction of sp³-hybridized carbons (Fsp3) is 0.929. The molecule has 2 unspecified atom stereocenters. The van der Waals surface area contributed by atoms with E-state index in [0.29, 0.717) is 25.9 Å². The molecule has 0 heterocycles. The van der Waals surface area contributed by atoms with E-state index in [1.54, 1.807) is 0 Å². The summed E-state index contributed by atoms with van der Waals surface area (Å²) in [6.07, 6.45) is 103. The number of unbranched alkanes of at least 4 members (excludes halogenated alkanes) is 64. The number of aliphatic hydroxyl groups excluding tert-OH is 2. The van der Waals surface area contributed by atoms with Crippen molar-refractivity contribution < 1.29 is 24.5 Å². The van der Waals surface area contributed by atoms with Gasteiger partial charge in [-0.15, -0.1) is 0 Å². The van der Waals surface area contributed by atoms with Gasteiger partial charge in [0.2, 0.25) is 5.91 Å². The number of esters is 1. The van der Waals surface area contributed by atoms with Crippen LogP contribution in [0, 0.1) is 0 Å². The highest BCUT2D eigenvalue weighted by Gasteiger charge is 2.20. The fourth-order valence-electron chi connectivity index (χ4n) is 13.4. The lowest BCUT2D eigenvalue weighted by Gasteiger charge is -2.22. The number of rotatable bonds is 79. The first-order valence-corrected chi connectivity index (χ1v) is 41.6. The van der Waals surface area contributed by atoms with Gasteiger partial charge in [0, 0.05) is 12.8 Å². The number of hydrogen-bond donors (Lipinski definition) is 3. The number of allylic oxidation sites excluding steroid dienone is 4. The van der Waals surface area contributed by atoms with E-state index in [9.17, 15) is 19.8 Å². The average molecular weight is 1270 g/mol. The molecule has 0 aromatic carbocycles. The number of amides is 1. The lowest BCUT2D eigenvalue weighted by Crippen LogP contribution is -2.45. The van der Waals surface area contributed by atoms with Gasteiger partial charge >= 0.3 is 5.97 Å². The second kappa shape index (κ2) is 79.8. The van der Waals surface area contributed by atoms with Crippen LogP contribution in [0.25, 0.3) is 0 Å². The summed E-state index contributed by atoms with van der Waals surface area (Å²) in [7, 11) is 0. The van der Waals surface area contributed by atoms with Crippen LogP contribution in [-0.4, -0.2) is 47.4 Å². The van der Waals surface area contributed by atoms with Gasteiger partial charge in [-0.2, -0.15) is 0 Å². The summed E-state index contributed by atoms with van der Waals surface area (Å²) in [5.41, 5.74) is 0. The zero-order valence-electron chi connectivity index (χ0n) is 61.4. The molecule has 90 heavy (non-hydrogen) atoms. The third kappa shape index (κ3) is 75.4. The Bertz CT molecular complexity index is 1410. The van der Waals surface area contributed by atoms with E-state index < -0.39 is 12.1 Å². The third-order valence-electron chi connectivity index (χ3n) is 19.8. The van der Waals surface area contributed by atoms with Crippen molar-refractivity contribution in [1.82, 2.24) is 5.32 Å². The zero-order chi connectivity index (χ0) is 64.9. The number of carbonyl (C=O) groups excluding carboxylic acids is 2. The SMILES string of the molecule is CCCCCCCCCCCCCCCCCCCCCCCCCCCC(O)C(CO)NC(=O)CCCCCCCCCCCCCCCCCCC/C=C\C/C=C\CCCCCCCCCCCCCCCOC(=O)CCCCCCCCCCCCC. The molecule has 0 saturated heterocycles. The van der Waals surface area contributed by atoms with Gasteiger partial charge in [-0.25, -0.2) is 0 Å². The van der Waals surface area contributed by atoms with Crippen LogP contribution >= 0.6 is 0 Å². The molecule has 6 heteroatoms. The first-order valence-electron chi connectivity index (χ1n) is 41.6. The summed E-state index contributed by atoms with van der Waals surface area (Å²) in [4.78, 5) is 24.6. The van der Waals surface area contributed by atoms with E-state index in [2.05, 4.69) is 43.5 Å². The summed E-state index contributed by atoms with van der Waals surface area (Å²) < 4.78 is 5.48. The van der Waals surface area contributed by atoms with Crippen molar-refractivity contribution in [1.29, 1.82) is 0 Å². The number of nitrogens with one attached hydrogen (secondary N) is 1. The number of aliphatic hydroxyl groups is 2. The molecular formula is C84H163NO5. The van der Waals surface area contributed by atoms with E-state index in [1.807, 2.05) is 0 Å². The maximum Gasteiger partial charge on any atom is 0.305 e. The van der Waals surface area contributed by atoms with Gasteiger partial charge in [0.25, 0.3) is 0 Å². The van der Waals surface area contributed by atoms with Gasteiger partial charge in [0.05, 0.1) is 25.4 Å². The predicted octanol–water partition coefficient (Wildman–Crippen LogP) is 27.6. The van der Waals surface area contributed by atoms with E-state index >= 15 is 0 Å². The largest absolute Gasteiger partial charge is 0.466 e. The maximum absolute atomic E-state index is 12.6. The molecule has 3 N–H and O–H groups in total. The Kier molecular flexibility index (Phi) is 78.3. The molecule has 0 fully saturated rings. The van der Waals surface area contributed by atoms with Crippen molar-refractivity contribution in [3.63, 3.8) is 0 Å². The molecule has 0 spiro atoms. The number of ether oxygens (including phenoxy) is 1. The Morgan fingerprint density at radius 2 is 0.556 bits per heavy atom. The van der Waals surface area contributed by atoms with Crippen LogP contribution in [-0.2, 0) is 14.3 Å². The second-order valence-corrected chi connectivity index (χ2v) is 28.8. The molecule has 0 aliphatic heterocycles. The first kappa shape index (κ1) is 88.3. The smallest absolute Gasteiger partial charge is 0.305 e. The fourth-order valence-corrected chi connectivity index (χ4v) is 13.4. The normalized spacial score (nSPS) is 12.5. The molecule has 0 aliphatic carbocycles. The number of carbonyl (C=O) groups is 2. The van der Waals surface area contributed by atoms with Gasteiger partial charge < -0.3 is 20.3 Å². The number of hydrogen-bond acceptors (Lipinski definition) is 5. The highest BCUT2D eigenvalue weighted by Crippen LogP contribution is 2.20. The molecule has 0 aromatic heterocycles. The molecular weight excluding hydrogens is 1100 g/mol. The first-order chi connectivity index (χ1) is 44.5. The summed E-state index contributed by atoms with van der Waals surface area (Å²) in [6.45, 7) is 5.00. The molecule has 1 amide bonds. The quantitative estimate of drug-likeness (QED) is 0.0320. The zero-order valence-corrected chi connectivity index (χ0v) is 61.4. The molecule has 0 rings (SSSR count). The molecule has 6 nitrogen and oxygen atoms in total. The minimum Gasteiger partial charge on any atom is -0.466 e. The Morgan fingerprint density at radius 1 is 0.311 bits per heavy atom. The second-order valence-electron chi connectivity index (χ2n) is 28.8. The van der Waals surface area contributed by atoms with Crippen LogP contribution in [0.2, 0.25) is 0 Å². The van der Waals surface area contributed by atoms with Gasteiger partial charge in [-0.1, -0.05) is 430 Å². The van der Waals surface area contributed by atoms with Crippen LogP contribution in [0.5, 0.6) is 0 Å². The molecule has 0 radical (unpaired) electrons. The molecule has 534 valence electrons. The summed E-state index contributed by atoms with van der Waals surface area (Å²) in [5.74, 6) is -0.00657. The van der Waals surface area contributed by atoms with Crippen LogP contribution in [0.3, 0.4) is 0 Å². The van der Waals surface area contributed by atoms with Crippen molar-refractivity contribution in [2.45, 2.75) is 488 Å². The van der Waals surface area contributed by atoms with E-state index in [1.165, 1.54) is 398 Å². The summed E-state index contributed by atoms with van der Waals surface area (Å²) >= 11 is 0. The minimum atomic E-state index is -0.664. The van der Waals surface area contributed by atoms with Gasteiger partial charge in [0.15, 0.2) is 0 Å². The topological polar surface area (TPSA) is 95.9 Å². The molecule has 2 atom stereocenters. The van der Waals surface area contributed by atoms with Crippen molar-refractivity contribution >= 4 is 11.9 Å². The van der Waals surface area contributed by atoms with Crippen LogP contribution in [0.4, 0.5) is 0 Å². The predicted molar refractivity (Wildman–Crippen MR) is 398 cm³/mol. The van der Waals surface area contributed by atoms with Crippen molar-refractivity contribution in [2.24, 2.45) is 0 Å². The van der Waals surface area contributed by atoms with Gasteiger partial charge in [-0.3, -0.25) is 9.59 Å². The standard InChI is InChI=1S/C84H163NO5/c1-3-5-7-9-11-13-15-16-17-18-19-20-21-35-38-41-44-47-50-53-57-60-64-68-72-76-82(87)81(80-86)85-83(88)77-73-69-65-61-58-54-51-48-45-42-39-36-33-31-29-27-25-23-22-24-26-28-30-32-34-37-40-43-46-49-52-55-59-63-67-71-75-79-90-84(89)78-74-70-66-62-56-14-12-10-8-6-4-2/h22,24,28,30,81-82,86-87H,3-21,23,25-27,29,31-80H2,1-2H3,(H,85,88)/b24-22-,30-28-. The Labute approximate surface area is 564 Å². The lowest BCUT2D eigenvalue weighted by atomic mass is 10.0. The van der Waals surface area contributed by atoms with Crippen molar-refractivity contribution in [3.8, 4) is 0 Å². The third-order valence-corrected chi connectivity index (χ3v) is 19.8. The molecule has 0 aliphatic rings. The highest BCUT2D eigenvalue weighted by atomic mass is 16.5. The molecule has 0 bridgehead atoms. The van der Waals surface area contributed by atoms with Gasteiger partial charge in [0.1, 0.15) is 0 Å². The maximum atomic E-state index is 12.6. The van der Waals surface area contributed by atoms with Crippen LogP contribution in [0.1, 0.15) is 476 Å². The van der Waals surface area contributed by atoms with E-state index in [0.717, 1.165) is 44.9 Å². The van der Waals surface area contributed by atoms with Crippen molar-refractivity contribution in [2.75, 3.05) is 13.2 Å². The molecule has 0 saturated carbocycles.